The molecule has 0 aromatic heterocycles. The van der Waals surface area contributed by atoms with E-state index in [1.165, 1.54) is 0 Å². The van der Waals surface area contributed by atoms with Gasteiger partial charge in [0, 0.05) is 6.54 Å². The molecule has 0 amide bonds. The van der Waals surface area contributed by atoms with Crippen LogP contribution in [0.4, 0.5) is 0 Å². The van der Waals surface area contributed by atoms with Gasteiger partial charge in [0.15, 0.2) is 0 Å². The number of hydrogen-bond donors (Lipinski definition) is 0. The van der Waals surface area contributed by atoms with Crippen molar-refractivity contribution in [1.82, 2.24) is 4.90 Å². The number of hydrogen-bond acceptors (Lipinski definition) is 2. The van der Waals surface area contributed by atoms with Gasteiger partial charge in [-0.3, -0.25) is 0 Å². The lowest BCUT2D eigenvalue weighted by Gasteiger charge is -2.33. The maximum atomic E-state index is 5.83. The first kappa shape index (κ1) is 12.9. The first-order valence-electron chi connectivity index (χ1n) is 5.31. The van der Waals surface area contributed by atoms with E-state index in [2.05, 4.69) is 46.4 Å². The lowest BCUT2D eigenvalue weighted by atomic mass is 10.1. The quantitative estimate of drug-likeness (QED) is 0.633. The van der Waals surface area contributed by atoms with Gasteiger partial charge in [-0.1, -0.05) is 13.8 Å². The smallest absolute Gasteiger partial charge is 0.0756 e. The zero-order chi connectivity index (χ0) is 10.5. The Morgan fingerprint density at radius 3 is 1.92 bits per heavy atom. The minimum atomic E-state index is -0.0276. The van der Waals surface area contributed by atoms with Crippen molar-refractivity contribution in [2.75, 3.05) is 19.6 Å². The Labute approximate surface area is 83.3 Å². The van der Waals surface area contributed by atoms with Crippen LogP contribution in [-0.2, 0) is 4.74 Å². The summed E-state index contributed by atoms with van der Waals surface area (Å²) in [5.74, 6) is 0. The van der Waals surface area contributed by atoms with E-state index >= 15 is 0 Å². The first-order valence-corrected chi connectivity index (χ1v) is 5.31. The summed E-state index contributed by atoms with van der Waals surface area (Å²) in [5, 5.41) is 0. The van der Waals surface area contributed by atoms with Crippen LogP contribution in [0.15, 0.2) is 0 Å². The molecule has 0 bridgehead atoms. The number of rotatable bonds is 6. The van der Waals surface area contributed by atoms with Crippen molar-refractivity contribution in [3.63, 3.8) is 0 Å². The fraction of sp³-hybridized carbons (Fsp3) is 1.00. The fourth-order valence-corrected chi connectivity index (χ4v) is 1.66. The van der Waals surface area contributed by atoms with Crippen molar-refractivity contribution in [1.29, 1.82) is 0 Å². The third-order valence-corrected chi connectivity index (χ3v) is 2.05. The van der Waals surface area contributed by atoms with Gasteiger partial charge in [-0.05, 0) is 40.8 Å². The van der Waals surface area contributed by atoms with Crippen molar-refractivity contribution in [2.24, 2.45) is 0 Å². The lowest BCUT2D eigenvalue weighted by molar-refractivity contribution is -0.0717. The van der Waals surface area contributed by atoms with E-state index in [9.17, 15) is 0 Å². The van der Waals surface area contributed by atoms with Crippen LogP contribution < -0.4 is 0 Å². The predicted octanol–water partition coefficient (Wildman–Crippen LogP) is 2.53. The highest BCUT2D eigenvalue weighted by molar-refractivity contribution is 4.74. The van der Waals surface area contributed by atoms with E-state index in [0.29, 0.717) is 6.10 Å². The number of nitrogens with zero attached hydrogens (tertiary/aromatic N) is 1. The summed E-state index contributed by atoms with van der Waals surface area (Å²) in [6, 6.07) is 0. The van der Waals surface area contributed by atoms with Crippen LogP contribution in [0.25, 0.3) is 0 Å². The Bertz CT molecular complexity index is 128. The molecule has 0 fully saturated rings. The topological polar surface area (TPSA) is 12.5 Å². The minimum Gasteiger partial charge on any atom is -0.372 e. The molecule has 0 aromatic carbocycles. The van der Waals surface area contributed by atoms with Gasteiger partial charge in [0.2, 0.25) is 0 Å². The van der Waals surface area contributed by atoms with E-state index in [4.69, 9.17) is 4.74 Å². The average molecular weight is 187 g/mol. The molecule has 0 aliphatic carbocycles. The molecule has 2 nitrogen and oxygen atoms in total. The maximum Gasteiger partial charge on any atom is 0.0756 e. The molecule has 0 atom stereocenters. The molecule has 0 unspecified atom stereocenters. The van der Waals surface area contributed by atoms with E-state index < -0.39 is 0 Å². The molecule has 80 valence electrons. The normalized spacial score (nSPS) is 12.9. The summed E-state index contributed by atoms with van der Waals surface area (Å²) in [7, 11) is 0. The molecule has 0 saturated carbocycles. The van der Waals surface area contributed by atoms with Gasteiger partial charge < -0.3 is 9.64 Å². The standard InChI is InChI=1S/C11H25NO/c1-7-12(8-2)9-11(5,6)13-10(3)4/h10H,7-9H2,1-6H3. The van der Waals surface area contributed by atoms with Crippen LogP contribution in [0, 0.1) is 0 Å². The van der Waals surface area contributed by atoms with E-state index in [1.54, 1.807) is 0 Å². The Morgan fingerprint density at radius 2 is 1.62 bits per heavy atom. The molecule has 0 radical (unpaired) electrons. The summed E-state index contributed by atoms with van der Waals surface area (Å²) in [6.45, 7) is 16.1. The second-order valence-electron chi connectivity index (χ2n) is 4.39. The van der Waals surface area contributed by atoms with Crippen molar-refractivity contribution in [3.05, 3.63) is 0 Å². The minimum absolute atomic E-state index is 0.0276. The number of ether oxygens (including phenoxy) is 1. The van der Waals surface area contributed by atoms with E-state index in [0.717, 1.165) is 19.6 Å². The second kappa shape index (κ2) is 5.61. The van der Waals surface area contributed by atoms with Crippen molar-refractivity contribution >= 4 is 0 Å². The summed E-state index contributed by atoms with van der Waals surface area (Å²) < 4.78 is 5.83. The molecule has 0 N–H and O–H groups in total. The third-order valence-electron chi connectivity index (χ3n) is 2.05. The zero-order valence-corrected chi connectivity index (χ0v) is 10.1. The lowest BCUT2D eigenvalue weighted by Crippen LogP contribution is -2.42. The maximum absolute atomic E-state index is 5.83. The second-order valence-corrected chi connectivity index (χ2v) is 4.39. The fourth-order valence-electron chi connectivity index (χ4n) is 1.66. The summed E-state index contributed by atoms with van der Waals surface area (Å²) >= 11 is 0. The zero-order valence-electron chi connectivity index (χ0n) is 10.1. The monoisotopic (exact) mass is 187 g/mol. The van der Waals surface area contributed by atoms with Crippen LogP contribution in [0.1, 0.15) is 41.5 Å². The van der Waals surface area contributed by atoms with Crippen LogP contribution in [-0.4, -0.2) is 36.2 Å². The van der Waals surface area contributed by atoms with Gasteiger partial charge in [0.05, 0.1) is 11.7 Å². The Morgan fingerprint density at radius 1 is 1.15 bits per heavy atom. The van der Waals surface area contributed by atoms with Gasteiger partial charge in [0.25, 0.3) is 0 Å². The highest BCUT2D eigenvalue weighted by Gasteiger charge is 2.22. The van der Waals surface area contributed by atoms with Crippen LogP contribution in [0.5, 0.6) is 0 Å². The molecule has 0 heterocycles. The van der Waals surface area contributed by atoms with Crippen LogP contribution in [0.2, 0.25) is 0 Å². The van der Waals surface area contributed by atoms with Crippen molar-refractivity contribution < 1.29 is 4.74 Å². The van der Waals surface area contributed by atoms with Gasteiger partial charge in [-0.2, -0.15) is 0 Å². The molecular weight excluding hydrogens is 162 g/mol. The molecule has 0 saturated heterocycles. The van der Waals surface area contributed by atoms with Gasteiger partial charge >= 0.3 is 0 Å². The predicted molar refractivity (Wildman–Crippen MR) is 58.1 cm³/mol. The van der Waals surface area contributed by atoms with Crippen LogP contribution >= 0.6 is 0 Å². The van der Waals surface area contributed by atoms with E-state index in [1.807, 2.05) is 0 Å². The molecule has 0 rings (SSSR count). The SMILES string of the molecule is CCN(CC)CC(C)(C)OC(C)C. The van der Waals surface area contributed by atoms with Crippen molar-refractivity contribution in [2.45, 2.75) is 53.2 Å². The molecule has 0 aliphatic heterocycles. The third kappa shape index (κ3) is 6.05. The van der Waals surface area contributed by atoms with Gasteiger partial charge in [0.1, 0.15) is 0 Å². The van der Waals surface area contributed by atoms with Crippen molar-refractivity contribution in [3.8, 4) is 0 Å². The molecule has 2 heteroatoms. The van der Waals surface area contributed by atoms with Gasteiger partial charge in [-0.25, -0.2) is 0 Å². The average Bonchev–Trinajstić information content (AvgIpc) is 1.97. The van der Waals surface area contributed by atoms with E-state index in [-0.39, 0.29) is 5.60 Å². The highest BCUT2D eigenvalue weighted by atomic mass is 16.5. The molecular formula is C11H25NO. The summed E-state index contributed by atoms with van der Waals surface area (Å²) in [4.78, 5) is 2.39. The van der Waals surface area contributed by atoms with Gasteiger partial charge in [-0.15, -0.1) is 0 Å². The molecule has 13 heavy (non-hydrogen) atoms. The highest BCUT2D eigenvalue weighted by Crippen LogP contribution is 2.13. The molecule has 0 aromatic rings. The number of likely N-dealkylation sites (N-methyl/N-ethyl adjacent to an activating group) is 1. The van der Waals surface area contributed by atoms with Crippen LogP contribution in [0.3, 0.4) is 0 Å². The Kier molecular flexibility index (Phi) is 5.57. The Hall–Kier alpha value is -0.0800. The largest absolute Gasteiger partial charge is 0.372 e. The summed E-state index contributed by atoms with van der Waals surface area (Å²) in [5.41, 5.74) is -0.0276. The molecule has 0 spiro atoms. The molecule has 0 aliphatic rings. The Balaban J connectivity index is 3.98. The summed E-state index contributed by atoms with van der Waals surface area (Å²) in [6.07, 6.45) is 0.311. The first-order chi connectivity index (χ1) is 5.91.